The topological polar surface area (TPSA) is 112 Å². The highest BCUT2D eigenvalue weighted by molar-refractivity contribution is 6.30. The first-order valence-corrected chi connectivity index (χ1v) is 9.91. The van der Waals surface area contributed by atoms with Gasteiger partial charge < -0.3 is 14.2 Å². The van der Waals surface area contributed by atoms with Crippen molar-refractivity contribution >= 4 is 34.9 Å². The van der Waals surface area contributed by atoms with E-state index in [9.17, 15) is 20.2 Å². The maximum absolute atomic E-state index is 12.2. The number of ether oxygens (including phenoxy) is 3. The number of carbonyl (C=O) groups excluding carboxylic acids is 1. The Labute approximate surface area is 194 Å². The van der Waals surface area contributed by atoms with E-state index in [4.69, 9.17) is 25.8 Å². The molecule has 3 rings (SSSR count). The summed E-state index contributed by atoms with van der Waals surface area (Å²) in [5, 5.41) is 21.1. The third-order valence-corrected chi connectivity index (χ3v) is 4.66. The van der Waals surface area contributed by atoms with Crippen molar-refractivity contribution in [2.45, 2.75) is 0 Å². The van der Waals surface area contributed by atoms with Crippen LogP contribution in [0.15, 0.2) is 66.7 Å². The monoisotopic (exact) mass is 464 g/mol. The fraction of sp³-hybridized carbons (Fsp3) is 0.0833. The number of nitro groups is 1. The van der Waals surface area contributed by atoms with Gasteiger partial charge in [-0.25, -0.2) is 4.79 Å². The van der Waals surface area contributed by atoms with Gasteiger partial charge in [-0.2, -0.15) is 5.26 Å². The third kappa shape index (κ3) is 6.09. The lowest BCUT2D eigenvalue weighted by Gasteiger charge is -2.11. The van der Waals surface area contributed by atoms with Crippen LogP contribution in [-0.4, -0.2) is 24.6 Å². The molecule has 3 aromatic carbocycles. The molecule has 0 saturated heterocycles. The lowest BCUT2D eigenvalue weighted by molar-refractivity contribution is -0.385. The predicted molar refractivity (Wildman–Crippen MR) is 122 cm³/mol. The molecule has 0 saturated carbocycles. The Kier molecular flexibility index (Phi) is 7.63. The van der Waals surface area contributed by atoms with Crippen molar-refractivity contribution in [2.75, 3.05) is 13.7 Å². The van der Waals surface area contributed by atoms with Crippen LogP contribution in [0, 0.1) is 21.4 Å². The van der Waals surface area contributed by atoms with Gasteiger partial charge >= 0.3 is 11.7 Å². The summed E-state index contributed by atoms with van der Waals surface area (Å²) in [5.74, 6) is -0.418. The predicted octanol–water partition coefficient (Wildman–Crippen LogP) is 5.31. The van der Waals surface area contributed by atoms with Crippen molar-refractivity contribution in [3.63, 3.8) is 0 Å². The molecular weight excluding hydrogens is 448 g/mol. The van der Waals surface area contributed by atoms with Gasteiger partial charge in [-0.3, -0.25) is 10.1 Å². The van der Waals surface area contributed by atoms with Crippen LogP contribution in [-0.2, 0) is 4.79 Å². The van der Waals surface area contributed by atoms with E-state index in [0.717, 1.165) is 0 Å². The van der Waals surface area contributed by atoms with Gasteiger partial charge in [0.05, 0.1) is 23.7 Å². The average Bonchev–Trinajstić information content (AvgIpc) is 2.82. The molecule has 0 aliphatic rings. The summed E-state index contributed by atoms with van der Waals surface area (Å²) in [6, 6.07) is 19.5. The van der Waals surface area contributed by atoms with Gasteiger partial charge in [-0.05, 0) is 47.5 Å². The fourth-order valence-electron chi connectivity index (χ4n) is 2.85. The van der Waals surface area contributed by atoms with E-state index in [1.54, 1.807) is 48.5 Å². The number of methoxy groups -OCH3 is 1. The molecule has 0 amide bonds. The van der Waals surface area contributed by atoms with Gasteiger partial charge in [0.2, 0.25) is 0 Å². The van der Waals surface area contributed by atoms with Gasteiger partial charge in [0.25, 0.3) is 0 Å². The first-order chi connectivity index (χ1) is 15.9. The minimum absolute atomic E-state index is 0.0434. The van der Waals surface area contributed by atoms with E-state index >= 15 is 0 Å². The summed E-state index contributed by atoms with van der Waals surface area (Å²) in [6.45, 7) is -0.537. The van der Waals surface area contributed by atoms with Crippen LogP contribution in [0.4, 0.5) is 5.69 Å². The fourth-order valence-corrected chi connectivity index (χ4v) is 2.98. The maximum atomic E-state index is 12.2. The van der Waals surface area contributed by atoms with E-state index in [0.29, 0.717) is 21.7 Å². The van der Waals surface area contributed by atoms with Crippen LogP contribution < -0.4 is 14.2 Å². The number of nitrogens with zero attached hydrogens (tertiary/aromatic N) is 2. The largest absolute Gasteiger partial charge is 0.493 e. The number of para-hydroxylation sites is 2. The molecule has 0 aliphatic carbocycles. The SMILES string of the molecule is COc1cc(/C=C(\C#N)c2ccc(Cl)cc2)ccc1OC(=O)COc1ccccc1[N+](=O)[O-]. The molecule has 0 unspecified atom stereocenters. The van der Waals surface area contributed by atoms with Crippen molar-refractivity contribution in [3.05, 3.63) is 93.0 Å². The van der Waals surface area contributed by atoms with Crippen molar-refractivity contribution in [3.8, 4) is 23.3 Å². The van der Waals surface area contributed by atoms with E-state index in [-0.39, 0.29) is 22.9 Å². The van der Waals surface area contributed by atoms with E-state index in [2.05, 4.69) is 6.07 Å². The zero-order valence-corrected chi connectivity index (χ0v) is 18.1. The molecule has 9 heteroatoms. The molecule has 0 atom stereocenters. The van der Waals surface area contributed by atoms with E-state index in [1.165, 1.54) is 31.4 Å². The summed E-state index contributed by atoms with van der Waals surface area (Å²) < 4.78 is 15.8. The number of rotatable bonds is 8. The Morgan fingerprint density at radius 2 is 1.82 bits per heavy atom. The molecule has 0 fully saturated rings. The van der Waals surface area contributed by atoms with Crippen LogP contribution in [0.3, 0.4) is 0 Å². The van der Waals surface area contributed by atoms with Crippen LogP contribution in [0.5, 0.6) is 17.2 Å². The molecule has 0 heterocycles. The van der Waals surface area contributed by atoms with Crippen LogP contribution in [0.25, 0.3) is 11.6 Å². The van der Waals surface area contributed by atoms with Gasteiger partial charge in [-0.1, -0.05) is 41.9 Å². The van der Waals surface area contributed by atoms with Crippen LogP contribution in [0.2, 0.25) is 5.02 Å². The Morgan fingerprint density at radius 1 is 1.09 bits per heavy atom. The molecule has 0 aliphatic heterocycles. The molecule has 3 aromatic rings. The minimum atomic E-state index is -0.770. The zero-order valence-electron chi connectivity index (χ0n) is 17.4. The van der Waals surface area contributed by atoms with Crippen molar-refractivity contribution in [1.29, 1.82) is 5.26 Å². The van der Waals surface area contributed by atoms with Gasteiger partial charge in [0.1, 0.15) is 0 Å². The van der Waals surface area contributed by atoms with Crippen LogP contribution >= 0.6 is 11.6 Å². The second-order valence-electron chi connectivity index (χ2n) is 6.57. The highest BCUT2D eigenvalue weighted by Gasteiger charge is 2.17. The lowest BCUT2D eigenvalue weighted by Crippen LogP contribution is -2.18. The first kappa shape index (κ1) is 23.3. The van der Waals surface area contributed by atoms with Gasteiger partial charge in [0, 0.05) is 11.1 Å². The quantitative estimate of drug-likeness (QED) is 0.111. The van der Waals surface area contributed by atoms with Crippen molar-refractivity contribution < 1.29 is 23.9 Å². The summed E-state index contributed by atoms with van der Waals surface area (Å²) in [7, 11) is 1.41. The summed E-state index contributed by atoms with van der Waals surface area (Å²) in [6.07, 6.45) is 1.66. The Hall–Kier alpha value is -4.35. The maximum Gasteiger partial charge on any atom is 0.349 e. The Balaban J connectivity index is 1.73. The average molecular weight is 465 g/mol. The summed E-state index contributed by atoms with van der Waals surface area (Å²) >= 11 is 5.90. The van der Waals surface area contributed by atoms with Gasteiger partial charge in [0.15, 0.2) is 23.9 Å². The molecule has 0 radical (unpaired) electrons. The molecule has 33 heavy (non-hydrogen) atoms. The third-order valence-electron chi connectivity index (χ3n) is 4.41. The number of nitro benzene ring substituents is 1. The summed E-state index contributed by atoms with van der Waals surface area (Å²) in [4.78, 5) is 22.7. The highest BCUT2D eigenvalue weighted by Crippen LogP contribution is 2.31. The number of allylic oxidation sites excluding steroid dienone is 1. The number of nitriles is 1. The Bertz CT molecular complexity index is 1250. The molecular formula is C24H17ClN2O6. The van der Waals surface area contributed by atoms with Crippen molar-refractivity contribution in [2.24, 2.45) is 0 Å². The number of benzene rings is 3. The number of halogens is 1. The Morgan fingerprint density at radius 3 is 2.48 bits per heavy atom. The molecule has 0 bridgehead atoms. The smallest absolute Gasteiger partial charge is 0.349 e. The normalized spacial score (nSPS) is 10.8. The van der Waals surface area contributed by atoms with Gasteiger partial charge in [-0.15, -0.1) is 0 Å². The standard InChI is InChI=1S/C24H17ClN2O6/c1-31-23-13-16(12-18(14-26)17-7-9-19(25)10-8-17)6-11-22(23)33-24(28)15-32-21-5-3-2-4-20(21)27(29)30/h2-13H,15H2,1H3/b18-12+. The van der Waals surface area contributed by atoms with E-state index in [1.807, 2.05) is 0 Å². The second kappa shape index (κ2) is 10.8. The highest BCUT2D eigenvalue weighted by atomic mass is 35.5. The molecule has 0 N–H and O–H groups in total. The summed E-state index contributed by atoms with van der Waals surface area (Å²) in [5.41, 5.74) is 1.50. The lowest BCUT2D eigenvalue weighted by atomic mass is 10.0. The number of carbonyl (C=O) groups is 1. The number of esters is 1. The molecule has 0 aromatic heterocycles. The van der Waals surface area contributed by atoms with Crippen LogP contribution in [0.1, 0.15) is 11.1 Å². The zero-order chi connectivity index (χ0) is 23.8. The molecule has 0 spiro atoms. The van der Waals surface area contributed by atoms with Crippen molar-refractivity contribution in [1.82, 2.24) is 0 Å². The molecule has 166 valence electrons. The first-order valence-electron chi connectivity index (χ1n) is 9.54. The molecule has 8 nitrogen and oxygen atoms in total. The number of hydrogen-bond donors (Lipinski definition) is 0. The minimum Gasteiger partial charge on any atom is -0.493 e. The number of hydrogen-bond acceptors (Lipinski definition) is 7. The van der Waals surface area contributed by atoms with E-state index < -0.39 is 17.5 Å². The second-order valence-corrected chi connectivity index (χ2v) is 7.01.